The standard InChI is InChI=1S/C22H31N3O3/c26-21(23-15-19-14-18-8-4-5-9-20(18)28-19)16-24-10-12-25(13-11-24)22(27)17-6-2-1-3-7-17/h4-5,8-9,17,19H,1-3,6-7,10-16H2,(H,23,26). The van der Waals surface area contributed by atoms with Gasteiger partial charge in [-0.3, -0.25) is 14.5 Å². The topological polar surface area (TPSA) is 61.9 Å². The predicted molar refractivity (Wildman–Crippen MR) is 107 cm³/mol. The Bertz CT molecular complexity index is 669. The van der Waals surface area contributed by atoms with E-state index in [-0.39, 0.29) is 17.9 Å². The van der Waals surface area contributed by atoms with E-state index in [1.54, 1.807) is 0 Å². The van der Waals surface area contributed by atoms with Gasteiger partial charge in [-0.1, -0.05) is 37.5 Å². The minimum absolute atomic E-state index is 0.0197. The highest BCUT2D eigenvalue weighted by atomic mass is 16.5. The van der Waals surface area contributed by atoms with Gasteiger partial charge in [-0.15, -0.1) is 0 Å². The molecule has 2 heterocycles. The number of piperazine rings is 1. The molecule has 1 saturated heterocycles. The number of ether oxygens (including phenoxy) is 1. The average Bonchev–Trinajstić information content (AvgIpc) is 3.16. The Hall–Kier alpha value is -2.08. The quantitative estimate of drug-likeness (QED) is 0.840. The summed E-state index contributed by atoms with van der Waals surface area (Å²) in [4.78, 5) is 29.1. The van der Waals surface area contributed by atoms with Crippen molar-refractivity contribution >= 4 is 11.8 Å². The first-order valence-electron chi connectivity index (χ1n) is 10.7. The van der Waals surface area contributed by atoms with Crippen LogP contribution in [0.25, 0.3) is 0 Å². The lowest BCUT2D eigenvalue weighted by molar-refractivity contribution is -0.138. The second-order valence-corrected chi connectivity index (χ2v) is 8.29. The Balaban J connectivity index is 1.15. The summed E-state index contributed by atoms with van der Waals surface area (Å²) in [6.07, 6.45) is 6.61. The van der Waals surface area contributed by atoms with Gasteiger partial charge in [0, 0.05) is 38.5 Å². The molecule has 152 valence electrons. The zero-order valence-corrected chi connectivity index (χ0v) is 16.6. The molecule has 2 aliphatic heterocycles. The van der Waals surface area contributed by atoms with E-state index in [2.05, 4.69) is 16.3 Å². The first-order chi connectivity index (χ1) is 13.7. The van der Waals surface area contributed by atoms with E-state index < -0.39 is 0 Å². The molecule has 1 N–H and O–H groups in total. The van der Waals surface area contributed by atoms with Crippen LogP contribution in [0.1, 0.15) is 37.7 Å². The molecule has 28 heavy (non-hydrogen) atoms. The van der Waals surface area contributed by atoms with Crippen LogP contribution in [-0.2, 0) is 16.0 Å². The molecular formula is C22H31N3O3. The number of benzene rings is 1. The lowest BCUT2D eigenvalue weighted by atomic mass is 9.88. The zero-order valence-electron chi connectivity index (χ0n) is 16.6. The summed E-state index contributed by atoms with van der Waals surface area (Å²) < 4.78 is 5.87. The number of carbonyl (C=O) groups is 2. The summed E-state index contributed by atoms with van der Waals surface area (Å²) in [6.45, 7) is 3.96. The van der Waals surface area contributed by atoms with Crippen molar-refractivity contribution in [3.05, 3.63) is 29.8 Å². The molecular weight excluding hydrogens is 354 g/mol. The molecule has 0 bridgehead atoms. The smallest absolute Gasteiger partial charge is 0.234 e. The molecule has 2 fully saturated rings. The minimum atomic E-state index is 0.0197. The third-order valence-corrected chi connectivity index (χ3v) is 6.25. The van der Waals surface area contributed by atoms with Gasteiger partial charge in [0.25, 0.3) is 0 Å². The van der Waals surface area contributed by atoms with Crippen LogP contribution in [0.15, 0.2) is 24.3 Å². The number of carbonyl (C=O) groups excluding carboxylic acids is 2. The van der Waals surface area contributed by atoms with Gasteiger partial charge < -0.3 is 15.0 Å². The minimum Gasteiger partial charge on any atom is -0.488 e. The number of amides is 2. The van der Waals surface area contributed by atoms with Gasteiger partial charge in [-0.05, 0) is 24.5 Å². The van der Waals surface area contributed by atoms with Gasteiger partial charge in [-0.25, -0.2) is 0 Å². The van der Waals surface area contributed by atoms with Gasteiger partial charge in [0.1, 0.15) is 11.9 Å². The second kappa shape index (κ2) is 8.95. The summed E-state index contributed by atoms with van der Waals surface area (Å²) in [6, 6.07) is 8.04. The first kappa shape index (κ1) is 19.2. The highest BCUT2D eigenvalue weighted by Gasteiger charge is 2.29. The summed E-state index contributed by atoms with van der Waals surface area (Å²) in [5, 5.41) is 3.01. The summed E-state index contributed by atoms with van der Waals surface area (Å²) in [7, 11) is 0. The summed E-state index contributed by atoms with van der Waals surface area (Å²) >= 11 is 0. The highest BCUT2D eigenvalue weighted by molar-refractivity contribution is 5.79. The fourth-order valence-corrected chi connectivity index (χ4v) is 4.59. The number of hydrogen-bond acceptors (Lipinski definition) is 4. The molecule has 1 atom stereocenters. The van der Waals surface area contributed by atoms with Gasteiger partial charge in [-0.2, -0.15) is 0 Å². The van der Waals surface area contributed by atoms with Crippen molar-refractivity contribution in [2.24, 2.45) is 5.92 Å². The van der Waals surface area contributed by atoms with E-state index in [1.165, 1.54) is 24.8 Å². The Morgan fingerprint density at radius 2 is 1.79 bits per heavy atom. The van der Waals surface area contributed by atoms with Crippen LogP contribution in [0.4, 0.5) is 0 Å². The average molecular weight is 386 g/mol. The van der Waals surface area contributed by atoms with Gasteiger partial charge in [0.2, 0.25) is 11.8 Å². The largest absolute Gasteiger partial charge is 0.488 e. The van der Waals surface area contributed by atoms with Crippen molar-refractivity contribution in [1.29, 1.82) is 0 Å². The maximum absolute atomic E-state index is 12.6. The van der Waals surface area contributed by atoms with Gasteiger partial charge >= 0.3 is 0 Å². The normalized spacial score (nSPS) is 23.1. The number of fused-ring (bicyclic) bond motifs is 1. The number of nitrogens with zero attached hydrogens (tertiary/aromatic N) is 2. The molecule has 2 amide bonds. The number of hydrogen-bond donors (Lipinski definition) is 1. The van der Waals surface area contributed by atoms with Crippen LogP contribution in [0.3, 0.4) is 0 Å². The van der Waals surface area contributed by atoms with Crippen LogP contribution in [0.2, 0.25) is 0 Å². The number of rotatable bonds is 5. The van der Waals surface area contributed by atoms with Crippen molar-refractivity contribution in [2.45, 2.75) is 44.6 Å². The third-order valence-electron chi connectivity index (χ3n) is 6.25. The van der Waals surface area contributed by atoms with Crippen molar-refractivity contribution in [2.75, 3.05) is 39.3 Å². The fourth-order valence-electron chi connectivity index (χ4n) is 4.59. The number of para-hydroxylation sites is 1. The Morgan fingerprint density at radius 3 is 2.54 bits per heavy atom. The Morgan fingerprint density at radius 1 is 1.04 bits per heavy atom. The molecule has 0 radical (unpaired) electrons. The van der Waals surface area contributed by atoms with Crippen molar-refractivity contribution in [3.8, 4) is 5.75 Å². The van der Waals surface area contributed by atoms with E-state index in [0.29, 0.717) is 19.0 Å². The molecule has 3 aliphatic rings. The molecule has 1 aromatic carbocycles. The van der Waals surface area contributed by atoms with Gasteiger partial charge in [0.15, 0.2) is 0 Å². The van der Waals surface area contributed by atoms with Crippen LogP contribution in [0, 0.1) is 5.92 Å². The van der Waals surface area contributed by atoms with Crippen molar-refractivity contribution < 1.29 is 14.3 Å². The van der Waals surface area contributed by atoms with Crippen LogP contribution in [0.5, 0.6) is 5.75 Å². The Labute approximate surface area is 167 Å². The Kier molecular flexibility index (Phi) is 6.15. The SMILES string of the molecule is O=C(CN1CCN(C(=O)C2CCCCC2)CC1)NCC1Cc2ccccc2O1. The summed E-state index contributed by atoms with van der Waals surface area (Å²) in [5.74, 6) is 1.54. The van der Waals surface area contributed by atoms with E-state index in [9.17, 15) is 9.59 Å². The molecule has 1 aromatic rings. The van der Waals surface area contributed by atoms with Crippen LogP contribution in [-0.4, -0.2) is 67.0 Å². The maximum Gasteiger partial charge on any atom is 0.234 e. The third kappa shape index (κ3) is 4.66. The van der Waals surface area contributed by atoms with Crippen LogP contribution < -0.4 is 10.1 Å². The second-order valence-electron chi connectivity index (χ2n) is 8.29. The molecule has 0 aromatic heterocycles. The summed E-state index contributed by atoms with van der Waals surface area (Å²) in [5.41, 5.74) is 1.21. The lowest BCUT2D eigenvalue weighted by Crippen LogP contribution is -2.52. The molecule has 1 aliphatic carbocycles. The van der Waals surface area contributed by atoms with Gasteiger partial charge in [0.05, 0.1) is 13.1 Å². The molecule has 0 spiro atoms. The molecule has 6 nitrogen and oxygen atoms in total. The van der Waals surface area contributed by atoms with Crippen LogP contribution >= 0.6 is 0 Å². The molecule has 1 unspecified atom stereocenters. The number of nitrogens with one attached hydrogen (secondary N) is 1. The first-order valence-corrected chi connectivity index (χ1v) is 10.7. The van der Waals surface area contributed by atoms with E-state index in [0.717, 1.165) is 51.2 Å². The van der Waals surface area contributed by atoms with E-state index in [1.807, 2.05) is 23.1 Å². The van der Waals surface area contributed by atoms with E-state index in [4.69, 9.17) is 4.74 Å². The monoisotopic (exact) mass is 385 g/mol. The van der Waals surface area contributed by atoms with E-state index >= 15 is 0 Å². The zero-order chi connectivity index (χ0) is 19.3. The van der Waals surface area contributed by atoms with Crippen molar-refractivity contribution in [1.82, 2.24) is 15.1 Å². The fraction of sp³-hybridized carbons (Fsp3) is 0.636. The molecule has 1 saturated carbocycles. The van der Waals surface area contributed by atoms with Crippen molar-refractivity contribution in [3.63, 3.8) is 0 Å². The predicted octanol–water partition coefficient (Wildman–Crippen LogP) is 1.83. The molecule has 6 heteroatoms. The lowest BCUT2D eigenvalue weighted by Gasteiger charge is -2.36. The molecule has 4 rings (SSSR count). The maximum atomic E-state index is 12.6. The highest BCUT2D eigenvalue weighted by Crippen LogP contribution is 2.28.